The first-order valence-corrected chi connectivity index (χ1v) is 7.08. The van der Waals surface area contributed by atoms with Gasteiger partial charge >= 0.3 is 0 Å². The van der Waals surface area contributed by atoms with Crippen molar-refractivity contribution in [2.24, 2.45) is 0 Å². The predicted octanol–water partition coefficient (Wildman–Crippen LogP) is 4.10. The Morgan fingerprint density at radius 1 is 1.29 bits per heavy atom. The lowest BCUT2D eigenvalue weighted by Crippen LogP contribution is -2.05. The topological polar surface area (TPSA) is 49.9 Å². The molecule has 0 fully saturated rings. The number of fused-ring (bicyclic) bond motifs is 1. The van der Waals surface area contributed by atoms with E-state index in [2.05, 4.69) is 11.9 Å². The quantitative estimate of drug-likeness (QED) is 0.677. The first-order valence-electron chi connectivity index (χ1n) is 7.08. The number of pyridine rings is 1. The Labute approximate surface area is 124 Å². The van der Waals surface area contributed by atoms with E-state index in [1.54, 1.807) is 24.3 Å². The molecular formula is C18H19NO2. The molecule has 2 aromatic rings. The highest BCUT2D eigenvalue weighted by molar-refractivity contribution is 5.97. The molecule has 1 N–H and O–H groups in total. The van der Waals surface area contributed by atoms with Gasteiger partial charge in [0, 0.05) is 22.7 Å². The molecular weight excluding hydrogens is 262 g/mol. The minimum atomic E-state index is -0.0434. The minimum absolute atomic E-state index is 0.0136. The summed E-state index contributed by atoms with van der Waals surface area (Å²) in [6.45, 7) is 5.51. The van der Waals surface area contributed by atoms with Crippen molar-refractivity contribution in [2.45, 2.75) is 27.2 Å². The maximum atomic E-state index is 12.2. The molecule has 1 aromatic heterocycles. The van der Waals surface area contributed by atoms with Crippen molar-refractivity contribution in [3.63, 3.8) is 0 Å². The van der Waals surface area contributed by atoms with E-state index >= 15 is 0 Å². The second-order valence-electron chi connectivity index (χ2n) is 4.92. The average Bonchev–Trinajstić information content (AvgIpc) is 2.47. The van der Waals surface area contributed by atoms with Crippen LogP contribution in [-0.2, 0) is 0 Å². The first kappa shape index (κ1) is 15.0. The van der Waals surface area contributed by atoms with Crippen molar-refractivity contribution in [3.05, 3.63) is 64.0 Å². The summed E-state index contributed by atoms with van der Waals surface area (Å²) in [4.78, 5) is 26.9. The number of aromatic amines is 1. The molecule has 0 aliphatic rings. The van der Waals surface area contributed by atoms with Gasteiger partial charge < -0.3 is 4.98 Å². The van der Waals surface area contributed by atoms with Gasteiger partial charge in [0.15, 0.2) is 11.2 Å². The van der Waals surface area contributed by atoms with Crippen LogP contribution in [0.25, 0.3) is 16.5 Å². The number of rotatable bonds is 4. The Morgan fingerprint density at radius 2 is 2.05 bits per heavy atom. The number of carbonyl (C=O) groups excluding carboxylic acids is 1. The van der Waals surface area contributed by atoms with E-state index in [1.165, 1.54) is 6.92 Å². The van der Waals surface area contributed by atoms with Gasteiger partial charge in [0.25, 0.3) is 0 Å². The Hall–Kier alpha value is -2.42. The summed E-state index contributed by atoms with van der Waals surface area (Å²) >= 11 is 0. The average molecular weight is 281 g/mol. The maximum absolute atomic E-state index is 12.2. The predicted molar refractivity (Wildman–Crippen MR) is 87.7 cm³/mol. The lowest BCUT2D eigenvalue weighted by atomic mass is 10.1. The summed E-state index contributed by atoms with van der Waals surface area (Å²) in [5, 5.41) is 0.596. The van der Waals surface area contributed by atoms with E-state index in [1.807, 2.05) is 25.2 Å². The lowest BCUT2D eigenvalue weighted by molar-refractivity contribution is 0.101. The van der Waals surface area contributed by atoms with E-state index in [-0.39, 0.29) is 11.2 Å². The number of aromatic nitrogens is 1. The van der Waals surface area contributed by atoms with E-state index in [9.17, 15) is 9.59 Å². The van der Waals surface area contributed by atoms with Crippen molar-refractivity contribution in [1.82, 2.24) is 4.98 Å². The summed E-state index contributed by atoms with van der Waals surface area (Å²) in [7, 11) is 0. The summed E-state index contributed by atoms with van der Waals surface area (Å²) in [5.41, 5.74) is 2.97. The third-order valence-corrected chi connectivity index (χ3v) is 3.39. The molecule has 0 amide bonds. The van der Waals surface area contributed by atoms with E-state index in [0.29, 0.717) is 16.5 Å². The number of allylic oxidation sites excluding steroid dienone is 4. The fourth-order valence-electron chi connectivity index (χ4n) is 2.21. The molecule has 108 valence electrons. The van der Waals surface area contributed by atoms with Crippen LogP contribution in [0.2, 0.25) is 0 Å². The lowest BCUT2D eigenvalue weighted by Gasteiger charge is -2.06. The molecule has 3 nitrogen and oxygen atoms in total. The van der Waals surface area contributed by atoms with E-state index < -0.39 is 0 Å². The monoisotopic (exact) mass is 281 g/mol. The third-order valence-electron chi connectivity index (χ3n) is 3.39. The molecule has 1 aromatic carbocycles. The highest BCUT2D eigenvalue weighted by Crippen LogP contribution is 2.17. The van der Waals surface area contributed by atoms with Crippen LogP contribution >= 0.6 is 0 Å². The van der Waals surface area contributed by atoms with E-state index in [4.69, 9.17) is 0 Å². The van der Waals surface area contributed by atoms with Gasteiger partial charge in [0.2, 0.25) is 0 Å². The van der Waals surface area contributed by atoms with E-state index in [0.717, 1.165) is 17.7 Å². The Kier molecular flexibility index (Phi) is 4.53. The van der Waals surface area contributed by atoms with Gasteiger partial charge in [0.1, 0.15) is 0 Å². The van der Waals surface area contributed by atoms with Crippen molar-refractivity contribution in [2.75, 3.05) is 0 Å². The summed E-state index contributed by atoms with van der Waals surface area (Å²) in [5.74, 6) is -0.0136. The Morgan fingerprint density at radius 3 is 2.67 bits per heavy atom. The van der Waals surface area contributed by atoms with Crippen LogP contribution in [-0.4, -0.2) is 10.8 Å². The maximum Gasteiger partial charge on any atom is 0.190 e. The summed E-state index contributed by atoms with van der Waals surface area (Å²) in [6.07, 6.45) is 6.93. The van der Waals surface area contributed by atoms with Crippen molar-refractivity contribution < 1.29 is 4.79 Å². The van der Waals surface area contributed by atoms with Crippen LogP contribution in [0.15, 0.2) is 47.3 Å². The number of hydrogen-bond acceptors (Lipinski definition) is 2. The molecule has 0 atom stereocenters. The number of benzene rings is 1. The van der Waals surface area contributed by atoms with Crippen molar-refractivity contribution in [3.8, 4) is 0 Å². The summed E-state index contributed by atoms with van der Waals surface area (Å²) < 4.78 is 0. The van der Waals surface area contributed by atoms with Crippen molar-refractivity contribution in [1.29, 1.82) is 0 Å². The highest BCUT2D eigenvalue weighted by atomic mass is 16.1. The molecule has 0 saturated carbocycles. The minimum Gasteiger partial charge on any atom is -0.354 e. The van der Waals surface area contributed by atoms with Gasteiger partial charge in [-0.15, -0.1) is 0 Å². The molecule has 0 radical (unpaired) electrons. The largest absolute Gasteiger partial charge is 0.354 e. The molecule has 0 aliphatic carbocycles. The fourth-order valence-corrected chi connectivity index (χ4v) is 2.21. The Balaban J connectivity index is 2.64. The third kappa shape index (κ3) is 3.19. The van der Waals surface area contributed by atoms with Gasteiger partial charge in [0.05, 0.1) is 5.52 Å². The van der Waals surface area contributed by atoms with Gasteiger partial charge in [-0.2, -0.15) is 0 Å². The SMILES string of the molecule is C/C=C(\C=C/CC)c1cc(=O)c2ccc(C(C)=O)cc2[nH]1. The zero-order valence-corrected chi connectivity index (χ0v) is 12.6. The molecule has 0 saturated heterocycles. The molecule has 0 bridgehead atoms. The van der Waals surface area contributed by atoms with Crippen molar-refractivity contribution >= 4 is 22.3 Å². The number of carbonyl (C=O) groups is 1. The van der Waals surface area contributed by atoms with Gasteiger partial charge in [-0.25, -0.2) is 0 Å². The van der Waals surface area contributed by atoms with Crippen LogP contribution < -0.4 is 5.43 Å². The number of ketones is 1. The van der Waals surface area contributed by atoms with Crippen LogP contribution in [0.3, 0.4) is 0 Å². The van der Waals surface area contributed by atoms with Gasteiger partial charge in [-0.1, -0.05) is 31.2 Å². The number of hydrogen-bond donors (Lipinski definition) is 1. The highest BCUT2D eigenvalue weighted by Gasteiger charge is 2.07. The van der Waals surface area contributed by atoms with Crippen LogP contribution in [0.1, 0.15) is 43.2 Å². The number of H-pyrrole nitrogens is 1. The summed E-state index contributed by atoms with van der Waals surface area (Å²) in [6, 6.07) is 6.73. The standard InChI is InChI=1S/C18H19NO2/c1-4-6-7-13(5-2)16-11-18(21)15-9-8-14(12(3)20)10-17(15)19-16/h5-11H,4H2,1-3H3,(H,19,21)/b7-6-,13-5+. The molecule has 3 heteroatoms. The molecule has 1 heterocycles. The zero-order valence-electron chi connectivity index (χ0n) is 12.6. The van der Waals surface area contributed by atoms with Crippen LogP contribution in [0.4, 0.5) is 0 Å². The normalized spacial score (nSPS) is 12.2. The molecule has 0 aliphatic heterocycles. The molecule has 21 heavy (non-hydrogen) atoms. The number of Topliss-reactive ketones (excluding diaryl/α,β-unsaturated/α-hetero) is 1. The molecule has 0 spiro atoms. The zero-order chi connectivity index (χ0) is 15.4. The first-order chi connectivity index (χ1) is 10.1. The molecule has 0 unspecified atom stereocenters. The molecule has 2 rings (SSSR count). The van der Waals surface area contributed by atoms with Gasteiger partial charge in [-0.3, -0.25) is 9.59 Å². The van der Waals surface area contributed by atoms with Gasteiger partial charge in [-0.05, 0) is 38.0 Å². The number of nitrogens with one attached hydrogen (secondary N) is 1. The second kappa shape index (κ2) is 6.35. The fraction of sp³-hybridized carbons (Fsp3) is 0.222. The second-order valence-corrected chi connectivity index (χ2v) is 4.92. The smallest absolute Gasteiger partial charge is 0.190 e. The van der Waals surface area contributed by atoms with Crippen LogP contribution in [0, 0.1) is 0 Å². The van der Waals surface area contributed by atoms with Crippen LogP contribution in [0.5, 0.6) is 0 Å². The Bertz CT molecular complexity index is 794.